The molecule has 0 saturated heterocycles. The van der Waals surface area contributed by atoms with Gasteiger partial charge in [-0.1, -0.05) is 33.8 Å². The summed E-state index contributed by atoms with van der Waals surface area (Å²) in [5, 5.41) is 0. The van der Waals surface area contributed by atoms with E-state index in [2.05, 4.69) is 55.8 Å². The quantitative estimate of drug-likeness (QED) is 0.835. The van der Waals surface area contributed by atoms with Crippen LogP contribution >= 0.6 is 15.9 Å². The average molecular weight is 354 g/mol. The lowest BCUT2D eigenvalue weighted by atomic mass is 9.57. The first-order valence-electron chi connectivity index (χ1n) is 7.66. The van der Waals surface area contributed by atoms with Crippen LogP contribution in [0.4, 0.5) is 0 Å². The molecule has 1 aromatic rings. The van der Waals surface area contributed by atoms with Gasteiger partial charge in [0, 0.05) is 5.54 Å². The Kier molecular flexibility index (Phi) is 4.47. The van der Waals surface area contributed by atoms with Crippen LogP contribution in [0.25, 0.3) is 0 Å². The van der Waals surface area contributed by atoms with Gasteiger partial charge in [0.25, 0.3) is 0 Å². The van der Waals surface area contributed by atoms with Gasteiger partial charge in [-0.3, -0.25) is 0 Å². The smallest absolute Gasteiger partial charge is 0.133 e. The zero-order valence-corrected chi connectivity index (χ0v) is 15.5. The summed E-state index contributed by atoms with van der Waals surface area (Å²) < 4.78 is 6.30. The molecule has 0 bridgehead atoms. The van der Waals surface area contributed by atoms with Gasteiger partial charge >= 0.3 is 0 Å². The lowest BCUT2D eigenvalue weighted by molar-refractivity contribution is 0.0487. The average Bonchev–Trinajstić information content (AvgIpc) is 2.23. The zero-order chi connectivity index (χ0) is 15.9. The molecule has 0 heterocycles. The second-order valence-corrected chi connectivity index (χ2v) is 9.22. The van der Waals surface area contributed by atoms with Crippen molar-refractivity contribution in [2.24, 2.45) is 16.6 Å². The predicted octanol–water partition coefficient (Wildman–Crippen LogP) is 4.93. The Morgan fingerprint density at radius 3 is 2.14 bits per heavy atom. The van der Waals surface area contributed by atoms with Gasteiger partial charge in [0.2, 0.25) is 0 Å². The summed E-state index contributed by atoms with van der Waals surface area (Å²) >= 11 is 3.57. The maximum absolute atomic E-state index is 6.82. The highest BCUT2D eigenvalue weighted by Crippen LogP contribution is 2.50. The van der Waals surface area contributed by atoms with Gasteiger partial charge in [0.05, 0.1) is 11.6 Å². The van der Waals surface area contributed by atoms with Crippen LogP contribution in [0.15, 0.2) is 22.7 Å². The van der Waals surface area contributed by atoms with Crippen molar-refractivity contribution in [2.45, 2.75) is 58.9 Å². The van der Waals surface area contributed by atoms with Crippen LogP contribution in [0.2, 0.25) is 0 Å². The maximum atomic E-state index is 6.82. The van der Waals surface area contributed by atoms with Crippen LogP contribution in [0.3, 0.4) is 0 Å². The fourth-order valence-corrected chi connectivity index (χ4v) is 5.33. The lowest BCUT2D eigenvalue weighted by Gasteiger charge is -2.50. The summed E-state index contributed by atoms with van der Waals surface area (Å²) in [6.45, 7) is 9.39. The number of methoxy groups -OCH3 is 1. The van der Waals surface area contributed by atoms with E-state index in [1.807, 2.05) is 6.07 Å². The first-order chi connectivity index (χ1) is 9.54. The number of halogens is 1. The molecule has 0 aromatic heterocycles. The van der Waals surface area contributed by atoms with Gasteiger partial charge < -0.3 is 10.5 Å². The first-order valence-corrected chi connectivity index (χ1v) is 8.45. The third-order valence-electron chi connectivity index (χ3n) is 4.39. The molecule has 2 nitrogen and oxygen atoms in total. The fraction of sp³-hybridized carbons (Fsp3) is 0.667. The second-order valence-electron chi connectivity index (χ2n) is 8.37. The molecule has 1 aliphatic carbocycles. The van der Waals surface area contributed by atoms with E-state index in [1.165, 1.54) is 12.0 Å². The van der Waals surface area contributed by atoms with Crippen LogP contribution in [0.5, 0.6) is 5.75 Å². The molecule has 3 heteroatoms. The van der Waals surface area contributed by atoms with Gasteiger partial charge in [-0.2, -0.15) is 0 Å². The Morgan fingerprint density at radius 2 is 1.67 bits per heavy atom. The fourth-order valence-electron chi connectivity index (χ4n) is 4.74. The lowest BCUT2D eigenvalue weighted by Crippen LogP contribution is -2.53. The summed E-state index contributed by atoms with van der Waals surface area (Å²) in [5.41, 5.74) is 8.58. The third-order valence-corrected chi connectivity index (χ3v) is 5.01. The highest BCUT2D eigenvalue weighted by Gasteiger charge is 2.45. The van der Waals surface area contributed by atoms with E-state index in [1.54, 1.807) is 7.11 Å². The minimum Gasteiger partial charge on any atom is -0.496 e. The van der Waals surface area contributed by atoms with E-state index < -0.39 is 0 Å². The summed E-state index contributed by atoms with van der Waals surface area (Å²) in [6, 6.07) is 6.29. The molecule has 0 radical (unpaired) electrons. The highest BCUT2D eigenvalue weighted by atomic mass is 79.9. The van der Waals surface area contributed by atoms with Crippen LogP contribution in [-0.4, -0.2) is 12.6 Å². The molecule has 118 valence electrons. The van der Waals surface area contributed by atoms with Crippen molar-refractivity contribution in [3.05, 3.63) is 28.2 Å². The van der Waals surface area contributed by atoms with Gasteiger partial charge in [0.1, 0.15) is 5.75 Å². The van der Waals surface area contributed by atoms with E-state index in [9.17, 15) is 0 Å². The Hall–Kier alpha value is -0.540. The minimum atomic E-state index is -0.126. The monoisotopic (exact) mass is 353 g/mol. The number of ether oxygens (including phenoxy) is 1. The molecule has 1 aromatic carbocycles. The van der Waals surface area contributed by atoms with Gasteiger partial charge in [0.15, 0.2) is 0 Å². The Bertz CT molecular complexity index is 506. The molecule has 0 spiro atoms. The van der Waals surface area contributed by atoms with E-state index >= 15 is 0 Å². The van der Waals surface area contributed by atoms with E-state index in [-0.39, 0.29) is 5.54 Å². The molecule has 0 atom stereocenters. The van der Waals surface area contributed by atoms with Crippen molar-refractivity contribution in [1.82, 2.24) is 0 Å². The van der Waals surface area contributed by atoms with Gasteiger partial charge in [-0.15, -0.1) is 0 Å². The Balaban J connectivity index is 2.22. The Morgan fingerprint density at radius 1 is 1.10 bits per heavy atom. The molecular weight excluding hydrogens is 326 g/mol. The number of benzene rings is 1. The molecule has 1 aliphatic rings. The SMILES string of the molecule is COc1ccc(CC2(N)CC(C)(C)CC(C)(C)C2)cc1Br. The maximum Gasteiger partial charge on any atom is 0.133 e. The van der Waals surface area contributed by atoms with Crippen molar-refractivity contribution in [3.63, 3.8) is 0 Å². The number of hydrogen-bond acceptors (Lipinski definition) is 2. The second kappa shape index (κ2) is 5.58. The normalized spacial score (nSPS) is 22.8. The molecule has 0 unspecified atom stereocenters. The highest BCUT2D eigenvalue weighted by molar-refractivity contribution is 9.10. The summed E-state index contributed by atoms with van der Waals surface area (Å²) in [4.78, 5) is 0. The minimum absolute atomic E-state index is 0.126. The van der Waals surface area contributed by atoms with Gasteiger partial charge in [-0.25, -0.2) is 0 Å². The van der Waals surface area contributed by atoms with Crippen LogP contribution < -0.4 is 10.5 Å². The summed E-state index contributed by atoms with van der Waals surface area (Å²) in [5.74, 6) is 0.870. The first kappa shape index (κ1) is 16.8. The largest absolute Gasteiger partial charge is 0.496 e. The topological polar surface area (TPSA) is 35.2 Å². The van der Waals surface area contributed by atoms with Crippen LogP contribution in [0, 0.1) is 10.8 Å². The molecule has 2 N–H and O–H groups in total. The van der Waals surface area contributed by atoms with E-state index in [0.29, 0.717) is 10.8 Å². The molecule has 1 fully saturated rings. The van der Waals surface area contributed by atoms with Crippen molar-refractivity contribution in [3.8, 4) is 5.75 Å². The number of hydrogen-bond donors (Lipinski definition) is 1. The number of rotatable bonds is 3. The van der Waals surface area contributed by atoms with Gasteiger partial charge in [-0.05, 0) is 70.1 Å². The van der Waals surface area contributed by atoms with E-state index in [0.717, 1.165) is 29.5 Å². The van der Waals surface area contributed by atoms with E-state index in [4.69, 9.17) is 10.5 Å². The van der Waals surface area contributed by atoms with Crippen molar-refractivity contribution >= 4 is 15.9 Å². The molecule has 21 heavy (non-hydrogen) atoms. The van der Waals surface area contributed by atoms with Crippen LogP contribution in [-0.2, 0) is 6.42 Å². The molecule has 0 amide bonds. The van der Waals surface area contributed by atoms with Crippen molar-refractivity contribution in [1.29, 1.82) is 0 Å². The number of nitrogens with two attached hydrogens (primary N) is 1. The van der Waals surface area contributed by atoms with Crippen molar-refractivity contribution < 1.29 is 4.74 Å². The molecule has 2 rings (SSSR count). The molecule has 0 aliphatic heterocycles. The molecular formula is C18H28BrNO. The van der Waals surface area contributed by atoms with Crippen molar-refractivity contribution in [2.75, 3.05) is 7.11 Å². The molecule has 1 saturated carbocycles. The standard InChI is InChI=1S/C18H28BrNO/c1-16(2)10-17(3,4)12-18(20,11-16)9-13-6-7-15(21-5)14(19)8-13/h6-8H,9-12,20H2,1-5H3. The zero-order valence-electron chi connectivity index (χ0n) is 13.9. The van der Waals surface area contributed by atoms with Crippen LogP contribution in [0.1, 0.15) is 52.5 Å². The summed E-state index contributed by atoms with van der Waals surface area (Å²) in [6.07, 6.45) is 4.31. The third kappa shape index (κ3) is 4.23. The summed E-state index contributed by atoms with van der Waals surface area (Å²) in [7, 11) is 1.69. The predicted molar refractivity (Wildman–Crippen MR) is 92.7 cm³/mol. The Labute approximate surface area is 137 Å².